The van der Waals surface area contributed by atoms with Crippen LogP contribution in [-0.4, -0.2) is 21.1 Å². The number of halogens is 1. The number of carbonyl (C=O) groups excluding carboxylic acids is 1. The van der Waals surface area contributed by atoms with Crippen LogP contribution >= 0.6 is 27.7 Å². The molecule has 0 saturated heterocycles. The molecule has 2 aromatic rings. The van der Waals surface area contributed by atoms with Crippen LogP contribution in [0.3, 0.4) is 0 Å². The Labute approximate surface area is 128 Å². The highest BCUT2D eigenvalue weighted by Gasteiger charge is 2.15. The van der Waals surface area contributed by atoms with E-state index in [1.165, 1.54) is 24.0 Å². The van der Waals surface area contributed by atoms with E-state index in [2.05, 4.69) is 31.2 Å². The van der Waals surface area contributed by atoms with Gasteiger partial charge in [0.15, 0.2) is 5.16 Å². The summed E-state index contributed by atoms with van der Waals surface area (Å²) in [5, 5.41) is 2.86. The maximum absolute atomic E-state index is 12.0. The molecule has 0 radical (unpaired) electrons. The topological polar surface area (TPSA) is 74.8 Å². The number of hydrogen-bond donors (Lipinski definition) is 2. The summed E-state index contributed by atoms with van der Waals surface area (Å²) in [7, 11) is 0. The molecule has 2 N–H and O–H groups in total. The first-order valence-electron chi connectivity index (χ1n) is 5.83. The Morgan fingerprint density at radius 2 is 2.05 bits per heavy atom. The molecule has 0 aliphatic carbocycles. The molecule has 0 aliphatic rings. The minimum absolute atomic E-state index is 0.149. The van der Waals surface area contributed by atoms with Gasteiger partial charge in [-0.1, -0.05) is 27.7 Å². The molecular weight excluding hydrogens is 342 g/mol. The second kappa shape index (κ2) is 6.71. The van der Waals surface area contributed by atoms with Crippen molar-refractivity contribution >= 4 is 39.3 Å². The third-order valence-electron chi connectivity index (χ3n) is 2.42. The largest absolute Gasteiger partial charge is 0.325 e. The number of anilines is 1. The summed E-state index contributed by atoms with van der Waals surface area (Å²) >= 11 is 4.53. The van der Waals surface area contributed by atoms with Crippen molar-refractivity contribution in [3.8, 4) is 0 Å². The van der Waals surface area contributed by atoms with Crippen molar-refractivity contribution in [2.75, 3.05) is 5.32 Å². The summed E-state index contributed by atoms with van der Waals surface area (Å²) in [4.78, 5) is 29.8. The average Bonchev–Trinajstić information content (AvgIpc) is 2.41. The molecule has 5 nitrogen and oxygen atoms in total. The number of carbonyl (C=O) groups is 1. The van der Waals surface area contributed by atoms with E-state index in [1.807, 2.05) is 24.3 Å². The summed E-state index contributed by atoms with van der Waals surface area (Å²) in [6, 6.07) is 8.65. The van der Waals surface area contributed by atoms with Crippen LogP contribution in [0.2, 0.25) is 0 Å². The third-order valence-corrected chi connectivity index (χ3v) is 3.94. The van der Waals surface area contributed by atoms with Crippen LogP contribution in [0.4, 0.5) is 5.69 Å². The summed E-state index contributed by atoms with van der Waals surface area (Å²) in [6.07, 6.45) is 1.42. The van der Waals surface area contributed by atoms with E-state index in [9.17, 15) is 9.59 Å². The molecule has 0 unspecified atom stereocenters. The number of benzene rings is 1. The minimum Gasteiger partial charge on any atom is -0.325 e. The fraction of sp³-hybridized carbons (Fsp3) is 0.154. The number of aromatic nitrogens is 2. The Kier molecular flexibility index (Phi) is 4.97. The number of rotatable bonds is 4. The Bertz CT molecular complexity index is 657. The molecule has 20 heavy (non-hydrogen) atoms. The predicted octanol–water partition coefficient (Wildman–Crippen LogP) is 2.65. The molecule has 2 rings (SSSR count). The minimum atomic E-state index is -0.371. The lowest BCUT2D eigenvalue weighted by molar-refractivity contribution is -0.115. The Morgan fingerprint density at radius 3 is 2.70 bits per heavy atom. The SMILES string of the molecule is C[C@H](Sc1nccc(=O)[nH]1)C(=O)Nc1ccc(Br)cc1. The molecule has 1 aromatic carbocycles. The van der Waals surface area contributed by atoms with Crippen LogP contribution in [0.5, 0.6) is 0 Å². The molecule has 1 aromatic heterocycles. The molecule has 0 aliphatic heterocycles. The molecule has 104 valence electrons. The van der Waals surface area contributed by atoms with Crippen LogP contribution in [0.15, 0.2) is 51.0 Å². The lowest BCUT2D eigenvalue weighted by atomic mass is 10.3. The van der Waals surface area contributed by atoms with Crippen molar-refractivity contribution < 1.29 is 4.79 Å². The van der Waals surface area contributed by atoms with Crippen LogP contribution in [0, 0.1) is 0 Å². The van der Waals surface area contributed by atoms with Gasteiger partial charge in [0.05, 0.1) is 5.25 Å². The van der Waals surface area contributed by atoms with Crippen LogP contribution < -0.4 is 10.9 Å². The highest BCUT2D eigenvalue weighted by molar-refractivity contribution is 9.10. The predicted molar refractivity (Wildman–Crippen MR) is 82.9 cm³/mol. The van der Waals surface area contributed by atoms with Gasteiger partial charge in [-0.3, -0.25) is 9.59 Å². The lowest BCUT2D eigenvalue weighted by Crippen LogP contribution is -2.23. The molecule has 7 heteroatoms. The van der Waals surface area contributed by atoms with Gasteiger partial charge < -0.3 is 10.3 Å². The van der Waals surface area contributed by atoms with Gasteiger partial charge in [-0.25, -0.2) is 4.98 Å². The van der Waals surface area contributed by atoms with E-state index in [1.54, 1.807) is 6.92 Å². The Morgan fingerprint density at radius 1 is 1.35 bits per heavy atom. The van der Waals surface area contributed by atoms with Gasteiger partial charge in [-0.15, -0.1) is 0 Å². The van der Waals surface area contributed by atoms with Crippen LogP contribution in [0.25, 0.3) is 0 Å². The zero-order valence-corrected chi connectivity index (χ0v) is 13.0. The standard InChI is InChI=1S/C13H12BrN3O2S/c1-8(20-13-15-7-6-11(18)17-13)12(19)16-10-4-2-9(14)3-5-10/h2-8H,1H3,(H,16,19)(H,15,17,18)/t8-/m0/s1. The average molecular weight is 354 g/mol. The van der Waals surface area contributed by atoms with Crippen molar-refractivity contribution in [1.82, 2.24) is 9.97 Å². The number of nitrogens with one attached hydrogen (secondary N) is 2. The second-order valence-corrected chi connectivity index (χ2v) is 6.24. The first-order valence-corrected chi connectivity index (χ1v) is 7.50. The molecule has 0 saturated carbocycles. The quantitative estimate of drug-likeness (QED) is 0.654. The van der Waals surface area contributed by atoms with Crippen molar-refractivity contribution in [1.29, 1.82) is 0 Å². The van der Waals surface area contributed by atoms with Gasteiger partial charge in [0.2, 0.25) is 5.91 Å². The zero-order chi connectivity index (χ0) is 14.5. The number of hydrogen-bond acceptors (Lipinski definition) is 4. The number of nitrogens with zero attached hydrogens (tertiary/aromatic N) is 1. The monoisotopic (exact) mass is 353 g/mol. The van der Waals surface area contributed by atoms with Gasteiger partial charge in [0.1, 0.15) is 0 Å². The third kappa shape index (κ3) is 4.21. The summed E-state index contributed by atoms with van der Waals surface area (Å²) in [6.45, 7) is 1.76. The number of thioether (sulfide) groups is 1. The van der Waals surface area contributed by atoms with E-state index in [0.29, 0.717) is 5.16 Å². The van der Waals surface area contributed by atoms with Gasteiger partial charge in [0, 0.05) is 22.4 Å². The number of H-pyrrole nitrogens is 1. The van der Waals surface area contributed by atoms with Gasteiger partial charge in [-0.05, 0) is 31.2 Å². The Hall–Kier alpha value is -1.60. The molecule has 1 heterocycles. The molecule has 0 bridgehead atoms. The number of amides is 1. The van der Waals surface area contributed by atoms with Gasteiger partial charge in [0.25, 0.3) is 5.56 Å². The van der Waals surface area contributed by atoms with E-state index in [-0.39, 0.29) is 16.7 Å². The smallest absolute Gasteiger partial charge is 0.251 e. The summed E-state index contributed by atoms with van der Waals surface area (Å²) in [5.74, 6) is -0.149. The molecule has 0 spiro atoms. The Balaban J connectivity index is 1.98. The highest BCUT2D eigenvalue weighted by Crippen LogP contribution is 2.20. The maximum Gasteiger partial charge on any atom is 0.251 e. The fourth-order valence-electron chi connectivity index (χ4n) is 1.41. The lowest BCUT2D eigenvalue weighted by Gasteiger charge is -2.11. The van der Waals surface area contributed by atoms with E-state index in [0.717, 1.165) is 10.2 Å². The van der Waals surface area contributed by atoms with E-state index < -0.39 is 0 Å². The van der Waals surface area contributed by atoms with Crippen molar-refractivity contribution in [3.63, 3.8) is 0 Å². The van der Waals surface area contributed by atoms with Gasteiger partial charge in [-0.2, -0.15) is 0 Å². The summed E-state index contributed by atoms with van der Waals surface area (Å²) in [5.41, 5.74) is 0.489. The highest BCUT2D eigenvalue weighted by atomic mass is 79.9. The molecular formula is C13H12BrN3O2S. The van der Waals surface area contributed by atoms with E-state index in [4.69, 9.17) is 0 Å². The van der Waals surface area contributed by atoms with Crippen molar-refractivity contribution in [3.05, 3.63) is 51.4 Å². The van der Waals surface area contributed by atoms with E-state index >= 15 is 0 Å². The van der Waals surface area contributed by atoms with Crippen LogP contribution in [0.1, 0.15) is 6.92 Å². The second-order valence-electron chi connectivity index (χ2n) is 4.00. The van der Waals surface area contributed by atoms with Crippen molar-refractivity contribution in [2.45, 2.75) is 17.3 Å². The molecule has 0 fully saturated rings. The van der Waals surface area contributed by atoms with Crippen molar-refractivity contribution in [2.24, 2.45) is 0 Å². The summed E-state index contributed by atoms with van der Waals surface area (Å²) < 4.78 is 0.948. The fourth-order valence-corrected chi connectivity index (χ4v) is 2.46. The van der Waals surface area contributed by atoms with Crippen LogP contribution in [-0.2, 0) is 4.79 Å². The first kappa shape index (κ1) is 14.8. The molecule has 1 amide bonds. The zero-order valence-electron chi connectivity index (χ0n) is 10.6. The molecule has 1 atom stereocenters. The van der Waals surface area contributed by atoms with Gasteiger partial charge >= 0.3 is 0 Å². The normalized spacial score (nSPS) is 11.9. The maximum atomic E-state index is 12.0. The number of aromatic amines is 1. The first-order chi connectivity index (χ1) is 9.54.